The average Bonchev–Trinajstić information content (AvgIpc) is 2.86. The Bertz CT molecular complexity index is 799. The van der Waals surface area contributed by atoms with Gasteiger partial charge in [0.05, 0.1) is 0 Å². The number of thiophene rings is 1. The highest BCUT2D eigenvalue weighted by Crippen LogP contribution is 2.35. The Kier molecular flexibility index (Phi) is 3.98. The first kappa shape index (κ1) is 14.6. The minimum atomic E-state index is -0.154. The van der Waals surface area contributed by atoms with Gasteiger partial charge in [-0.05, 0) is 54.8 Å². The molecule has 1 N–H and O–H groups in total. The van der Waals surface area contributed by atoms with Crippen LogP contribution in [-0.2, 0) is 12.8 Å². The number of rotatable bonds is 2. The van der Waals surface area contributed by atoms with Crippen LogP contribution in [0.1, 0.15) is 10.4 Å². The highest BCUT2D eigenvalue weighted by Gasteiger charge is 2.14. The Balaban J connectivity index is 1.69. The summed E-state index contributed by atoms with van der Waals surface area (Å²) in [6.45, 7) is 2.07. The SMILES string of the molecule is Fc1cc(-c2cc3c(s2)CCNCC3)ccc1-c1ccccc1. The molecule has 116 valence electrons. The van der Waals surface area contributed by atoms with E-state index in [1.807, 2.05) is 42.5 Å². The fraction of sp³-hybridized carbons (Fsp3) is 0.200. The molecule has 3 aromatic rings. The molecule has 0 saturated heterocycles. The van der Waals surface area contributed by atoms with E-state index < -0.39 is 0 Å². The minimum absolute atomic E-state index is 0.154. The normalized spacial score (nSPS) is 14.3. The standard InChI is InChI=1S/C20H18FNS/c21-18-12-15(6-7-17(18)14-4-2-1-3-5-14)20-13-16-8-10-22-11-9-19(16)23-20/h1-7,12-13,22H,8-11H2. The van der Waals surface area contributed by atoms with Crippen molar-refractivity contribution in [2.75, 3.05) is 13.1 Å². The van der Waals surface area contributed by atoms with Gasteiger partial charge in [-0.3, -0.25) is 0 Å². The van der Waals surface area contributed by atoms with Gasteiger partial charge < -0.3 is 5.32 Å². The third kappa shape index (κ3) is 2.94. The van der Waals surface area contributed by atoms with E-state index in [2.05, 4.69) is 11.4 Å². The number of benzene rings is 2. The molecule has 4 rings (SSSR count). The third-order valence-electron chi connectivity index (χ3n) is 4.33. The molecule has 0 fully saturated rings. The van der Waals surface area contributed by atoms with Crippen LogP contribution in [0.2, 0.25) is 0 Å². The summed E-state index contributed by atoms with van der Waals surface area (Å²) in [5.41, 5.74) is 3.98. The minimum Gasteiger partial charge on any atom is -0.316 e. The molecular formula is C20H18FNS. The third-order valence-corrected chi connectivity index (χ3v) is 5.62. The van der Waals surface area contributed by atoms with Crippen molar-refractivity contribution in [3.8, 4) is 21.6 Å². The Morgan fingerprint density at radius 2 is 1.70 bits per heavy atom. The first-order chi connectivity index (χ1) is 11.3. The largest absolute Gasteiger partial charge is 0.316 e. The summed E-state index contributed by atoms with van der Waals surface area (Å²) < 4.78 is 14.6. The number of fused-ring (bicyclic) bond motifs is 1. The number of hydrogen-bond donors (Lipinski definition) is 1. The van der Waals surface area contributed by atoms with Gasteiger partial charge in [-0.2, -0.15) is 0 Å². The topological polar surface area (TPSA) is 12.0 Å². The van der Waals surface area contributed by atoms with Crippen molar-refractivity contribution in [2.24, 2.45) is 0 Å². The molecule has 1 aliphatic rings. The second kappa shape index (κ2) is 6.26. The number of hydrogen-bond acceptors (Lipinski definition) is 2. The molecule has 0 aliphatic carbocycles. The van der Waals surface area contributed by atoms with Crippen molar-refractivity contribution in [1.29, 1.82) is 0 Å². The molecule has 3 heteroatoms. The summed E-state index contributed by atoms with van der Waals surface area (Å²) in [5.74, 6) is -0.154. The predicted molar refractivity (Wildman–Crippen MR) is 95.4 cm³/mol. The van der Waals surface area contributed by atoms with Crippen LogP contribution in [0.15, 0.2) is 54.6 Å². The Morgan fingerprint density at radius 1 is 0.870 bits per heavy atom. The first-order valence-corrected chi connectivity index (χ1v) is 8.80. The second-order valence-electron chi connectivity index (χ2n) is 5.87. The van der Waals surface area contributed by atoms with E-state index >= 15 is 0 Å². The molecule has 0 saturated carbocycles. The summed E-state index contributed by atoms with van der Waals surface area (Å²) >= 11 is 1.81. The van der Waals surface area contributed by atoms with Crippen LogP contribution in [0.3, 0.4) is 0 Å². The van der Waals surface area contributed by atoms with Crippen LogP contribution < -0.4 is 5.32 Å². The zero-order chi connectivity index (χ0) is 15.6. The molecule has 0 bridgehead atoms. The van der Waals surface area contributed by atoms with E-state index in [4.69, 9.17) is 0 Å². The predicted octanol–water partition coefficient (Wildman–Crippen LogP) is 4.91. The van der Waals surface area contributed by atoms with Gasteiger partial charge in [0.1, 0.15) is 5.82 Å². The van der Waals surface area contributed by atoms with Crippen molar-refractivity contribution in [3.05, 3.63) is 70.9 Å². The van der Waals surface area contributed by atoms with E-state index in [0.29, 0.717) is 5.56 Å². The van der Waals surface area contributed by atoms with Crippen LogP contribution in [0.4, 0.5) is 4.39 Å². The lowest BCUT2D eigenvalue weighted by Crippen LogP contribution is -2.16. The fourth-order valence-electron chi connectivity index (χ4n) is 3.10. The molecule has 23 heavy (non-hydrogen) atoms. The first-order valence-electron chi connectivity index (χ1n) is 7.99. The summed E-state index contributed by atoms with van der Waals surface area (Å²) in [6.07, 6.45) is 2.14. The quantitative estimate of drug-likeness (QED) is 0.706. The van der Waals surface area contributed by atoms with Gasteiger partial charge in [-0.1, -0.05) is 42.5 Å². The maximum absolute atomic E-state index is 14.6. The summed E-state index contributed by atoms with van der Waals surface area (Å²) in [5, 5.41) is 3.42. The molecule has 1 aromatic heterocycles. The molecule has 0 atom stereocenters. The molecular weight excluding hydrogens is 305 g/mol. The molecule has 0 spiro atoms. The van der Waals surface area contributed by atoms with E-state index in [9.17, 15) is 4.39 Å². The van der Waals surface area contributed by atoms with Crippen LogP contribution in [-0.4, -0.2) is 13.1 Å². The van der Waals surface area contributed by atoms with Crippen LogP contribution >= 0.6 is 11.3 Å². The summed E-state index contributed by atoms with van der Waals surface area (Å²) in [7, 11) is 0. The van der Waals surface area contributed by atoms with Gasteiger partial charge in [0, 0.05) is 15.3 Å². The van der Waals surface area contributed by atoms with Crippen molar-refractivity contribution < 1.29 is 4.39 Å². The monoisotopic (exact) mass is 323 g/mol. The average molecular weight is 323 g/mol. The van der Waals surface area contributed by atoms with Gasteiger partial charge in [-0.15, -0.1) is 11.3 Å². The van der Waals surface area contributed by atoms with Gasteiger partial charge >= 0.3 is 0 Å². The Hall–Kier alpha value is -1.97. The van der Waals surface area contributed by atoms with Crippen LogP contribution in [0.5, 0.6) is 0 Å². The number of halogens is 1. The lowest BCUT2D eigenvalue weighted by Gasteiger charge is -2.05. The molecule has 0 amide bonds. The highest BCUT2D eigenvalue weighted by atomic mass is 32.1. The Morgan fingerprint density at radius 3 is 2.52 bits per heavy atom. The maximum Gasteiger partial charge on any atom is 0.131 e. The van der Waals surface area contributed by atoms with E-state index in [0.717, 1.165) is 37.1 Å². The molecule has 0 radical (unpaired) electrons. The lowest BCUT2D eigenvalue weighted by atomic mass is 10.0. The van der Waals surface area contributed by atoms with Crippen molar-refractivity contribution in [2.45, 2.75) is 12.8 Å². The van der Waals surface area contributed by atoms with Gasteiger partial charge in [0.15, 0.2) is 0 Å². The van der Waals surface area contributed by atoms with Crippen LogP contribution in [0, 0.1) is 5.82 Å². The molecule has 2 heterocycles. The molecule has 0 unspecified atom stereocenters. The van der Waals surface area contributed by atoms with Gasteiger partial charge in [-0.25, -0.2) is 4.39 Å². The molecule has 1 nitrogen and oxygen atoms in total. The smallest absolute Gasteiger partial charge is 0.131 e. The van der Waals surface area contributed by atoms with Crippen molar-refractivity contribution in [1.82, 2.24) is 5.32 Å². The lowest BCUT2D eigenvalue weighted by molar-refractivity contribution is 0.632. The second-order valence-corrected chi connectivity index (χ2v) is 7.01. The van der Waals surface area contributed by atoms with Crippen molar-refractivity contribution in [3.63, 3.8) is 0 Å². The van der Waals surface area contributed by atoms with Gasteiger partial charge in [0.25, 0.3) is 0 Å². The van der Waals surface area contributed by atoms with E-state index in [1.54, 1.807) is 17.4 Å². The number of nitrogens with one attached hydrogen (secondary N) is 1. The fourth-order valence-corrected chi connectivity index (χ4v) is 4.31. The van der Waals surface area contributed by atoms with Crippen LogP contribution in [0.25, 0.3) is 21.6 Å². The summed E-state index contributed by atoms with van der Waals surface area (Å²) in [4.78, 5) is 2.62. The van der Waals surface area contributed by atoms with Crippen molar-refractivity contribution >= 4 is 11.3 Å². The van der Waals surface area contributed by atoms with E-state index in [1.165, 1.54) is 15.3 Å². The molecule has 1 aliphatic heterocycles. The van der Waals surface area contributed by atoms with E-state index in [-0.39, 0.29) is 5.82 Å². The molecule has 2 aromatic carbocycles. The maximum atomic E-state index is 14.6. The van der Waals surface area contributed by atoms with Gasteiger partial charge in [0.2, 0.25) is 0 Å². The zero-order valence-corrected chi connectivity index (χ0v) is 13.6. The Labute approximate surface area is 139 Å². The summed E-state index contributed by atoms with van der Waals surface area (Å²) in [6, 6.07) is 17.6. The zero-order valence-electron chi connectivity index (χ0n) is 12.8. The highest BCUT2D eigenvalue weighted by molar-refractivity contribution is 7.15.